The molecule has 0 saturated heterocycles. The summed E-state index contributed by atoms with van der Waals surface area (Å²) in [5, 5.41) is 6.31. The molecule has 0 saturated carbocycles. The number of carbonyl (C=O) groups excluding carboxylic acids is 1. The lowest BCUT2D eigenvalue weighted by Crippen LogP contribution is -2.25. The molecular formula is C21H20N2O3. The van der Waals surface area contributed by atoms with E-state index in [1.54, 1.807) is 7.11 Å². The molecule has 3 aromatic carbocycles. The second kappa shape index (κ2) is 8.16. The van der Waals surface area contributed by atoms with Gasteiger partial charge in [-0.15, -0.1) is 0 Å². The van der Waals surface area contributed by atoms with Gasteiger partial charge in [-0.05, 0) is 42.0 Å². The van der Waals surface area contributed by atoms with E-state index >= 15 is 0 Å². The summed E-state index contributed by atoms with van der Waals surface area (Å²) in [4.78, 5) is 12.0. The van der Waals surface area contributed by atoms with Crippen LogP contribution in [-0.4, -0.2) is 25.3 Å². The molecule has 0 aromatic heterocycles. The molecule has 0 spiro atoms. The van der Waals surface area contributed by atoms with Gasteiger partial charge in [0.1, 0.15) is 11.5 Å². The van der Waals surface area contributed by atoms with Gasteiger partial charge in [0.15, 0.2) is 6.61 Å². The monoisotopic (exact) mass is 348 g/mol. The van der Waals surface area contributed by atoms with Crippen LogP contribution in [0.1, 0.15) is 12.5 Å². The molecule has 1 N–H and O–H groups in total. The second-order valence-corrected chi connectivity index (χ2v) is 5.76. The predicted octanol–water partition coefficient (Wildman–Crippen LogP) is 3.77. The van der Waals surface area contributed by atoms with Crippen molar-refractivity contribution >= 4 is 22.4 Å². The minimum Gasteiger partial charge on any atom is -0.497 e. The third-order valence-electron chi connectivity index (χ3n) is 3.93. The molecule has 0 radical (unpaired) electrons. The molecule has 132 valence electrons. The van der Waals surface area contributed by atoms with Crippen LogP contribution in [0, 0.1) is 0 Å². The first-order chi connectivity index (χ1) is 12.7. The highest BCUT2D eigenvalue weighted by molar-refractivity contribution is 5.99. The molecule has 0 atom stereocenters. The summed E-state index contributed by atoms with van der Waals surface area (Å²) in [6.45, 7) is 1.71. The number of ether oxygens (including phenoxy) is 2. The van der Waals surface area contributed by atoms with Crippen LogP contribution in [0.4, 0.5) is 0 Å². The third-order valence-corrected chi connectivity index (χ3v) is 3.93. The fourth-order valence-corrected chi connectivity index (χ4v) is 2.50. The number of methoxy groups -OCH3 is 1. The lowest BCUT2D eigenvalue weighted by atomic mass is 10.1. The molecule has 0 aliphatic heterocycles. The number of nitrogens with one attached hydrogen (secondary N) is 1. The molecule has 5 nitrogen and oxygen atoms in total. The summed E-state index contributed by atoms with van der Waals surface area (Å²) in [7, 11) is 1.61. The first kappa shape index (κ1) is 17.5. The van der Waals surface area contributed by atoms with Crippen molar-refractivity contribution in [2.45, 2.75) is 6.92 Å². The number of hydrogen-bond acceptors (Lipinski definition) is 4. The Labute approximate surface area is 152 Å². The fourth-order valence-electron chi connectivity index (χ4n) is 2.50. The van der Waals surface area contributed by atoms with Gasteiger partial charge >= 0.3 is 0 Å². The zero-order valence-corrected chi connectivity index (χ0v) is 14.7. The van der Waals surface area contributed by atoms with E-state index in [1.165, 1.54) is 0 Å². The number of fused-ring (bicyclic) bond motifs is 1. The molecule has 1 amide bonds. The molecular weight excluding hydrogens is 328 g/mol. The fraction of sp³-hybridized carbons (Fsp3) is 0.143. The van der Waals surface area contributed by atoms with Gasteiger partial charge in [-0.1, -0.05) is 42.5 Å². The first-order valence-electron chi connectivity index (χ1n) is 8.25. The van der Waals surface area contributed by atoms with Crippen LogP contribution in [0.15, 0.2) is 71.8 Å². The Morgan fingerprint density at radius 1 is 0.962 bits per heavy atom. The number of benzene rings is 3. The maximum Gasteiger partial charge on any atom is 0.277 e. The summed E-state index contributed by atoms with van der Waals surface area (Å²) in [6.07, 6.45) is 0. The highest BCUT2D eigenvalue weighted by atomic mass is 16.5. The van der Waals surface area contributed by atoms with Gasteiger partial charge < -0.3 is 9.47 Å². The Kier molecular flexibility index (Phi) is 5.49. The molecule has 0 fully saturated rings. The van der Waals surface area contributed by atoms with E-state index < -0.39 is 0 Å². The van der Waals surface area contributed by atoms with Crippen molar-refractivity contribution in [3.8, 4) is 11.5 Å². The first-order valence-corrected chi connectivity index (χ1v) is 8.25. The van der Waals surface area contributed by atoms with Gasteiger partial charge in [-0.25, -0.2) is 5.43 Å². The summed E-state index contributed by atoms with van der Waals surface area (Å²) >= 11 is 0. The molecule has 0 aliphatic rings. The summed E-state index contributed by atoms with van der Waals surface area (Å²) in [6, 6.07) is 21.2. The van der Waals surface area contributed by atoms with Crippen molar-refractivity contribution in [1.29, 1.82) is 0 Å². The topological polar surface area (TPSA) is 59.9 Å². The van der Waals surface area contributed by atoms with E-state index in [4.69, 9.17) is 9.47 Å². The Hall–Kier alpha value is -3.34. The Morgan fingerprint density at radius 3 is 2.58 bits per heavy atom. The minimum atomic E-state index is -0.319. The van der Waals surface area contributed by atoms with Gasteiger partial charge in [0.25, 0.3) is 5.91 Å². The van der Waals surface area contributed by atoms with Crippen molar-refractivity contribution < 1.29 is 14.3 Å². The van der Waals surface area contributed by atoms with Gasteiger partial charge in [0.05, 0.1) is 12.8 Å². The predicted molar refractivity (Wildman–Crippen MR) is 103 cm³/mol. The summed E-state index contributed by atoms with van der Waals surface area (Å²) in [5.74, 6) is 1.07. The summed E-state index contributed by atoms with van der Waals surface area (Å²) in [5.41, 5.74) is 4.07. The highest BCUT2D eigenvalue weighted by Gasteiger charge is 2.04. The maximum absolute atomic E-state index is 12.0. The molecule has 0 heterocycles. The van der Waals surface area contributed by atoms with E-state index in [1.807, 2.05) is 73.7 Å². The van der Waals surface area contributed by atoms with Crippen molar-refractivity contribution in [3.63, 3.8) is 0 Å². The van der Waals surface area contributed by atoms with Crippen LogP contribution in [-0.2, 0) is 4.79 Å². The van der Waals surface area contributed by atoms with E-state index in [0.29, 0.717) is 11.5 Å². The van der Waals surface area contributed by atoms with E-state index in [-0.39, 0.29) is 12.5 Å². The molecule has 0 unspecified atom stereocenters. The second-order valence-electron chi connectivity index (χ2n) is 5.76. The average Bonchev–Trinajstić information content (AvgIpc) is 2.70. The van der Waals surface area contributed by atoms with Crippen molar-refractivity contribution in [1.82, 2.24) is 5.43 Å². The van der Waals surface area contributed by atoms with Crippen LogP contribution in [0.5, 0.6) is 11.5 Å². The number of hydrazone groups is 1. The van der Waals surface area contributed by atoms with E-state index in [9.17, 15) is 4.79 Å². The normalized spacial score (nSPS) is 11.2. The zero-order valence-electron chi connectivity index (χ0n) is 14.7. The van der Waals surface area contributed by atoms with Crippen LogP contribution in [0.25, 0.3) is 10.8 Å². The van der Waals surface area contributed by atoms with Crippen molar-refractivity contribution in [2.24, 2.45) is 5.10 Å². The number of carbonyl (C=O) groups is 1. The number of hydrogen-bond donors (Lipinski definition) is 1. The third kappa shape index (κ3) is 4.39. The SMILES string of the molecule is COc1cccc(/C(C)=N\NC(=O)COc2ccc3ccccc3c2)c1. The smallest absolute Gasteiger partial charge is 0.277 e. The standard InChI is InChI=1S/C21H20N2O3/c1-15(17-8-5-9-19(12-17)25-2)22-23-21(24)14-26-20-11-10-16-6-3-4-7-18(16)13-20/h3-13H,14H2,1-2H3,(H,23,24)/b22-15-. The van der Waals surface area contributed by atoms with Crippen LogP contribution in [0.3, 0.4) is 0 Å². The van der Waals surface area contributed by atoms with Crippen molar-refractivity contribution in [2.75, 3.05) is 13.7 Å². The number of amides is 1. The Bertz CT molecular complexity index is 951. The zero-order chi connectivity index (χ0) is 18.4. The van der Waals surface area contributed by atoms with E-state index in [2.05, 4.69) is 10.5 Å². The van der Waals surface area contributed by atoms with Crippen LogP contribution < -0.4 is 14.9 Å². The van der Waals surface area contributed by atoms with E-state index in [0.717, 1.165) is 22.1 Å². The molecule has 5 heteroatoms. The molecule has 3 aromatic rings. The summed E-state index contributed by atoms with van der Waals surface area (Å²) < 4.78 is 10.7. The number of nitrogens with zero attached hydrogens (tertiary/aromatic N) is 1. The van der Waals surface area contributed by atoms with Crippen molar-refractivity contribution in [3.05, 3.63) is 72.3 Å². The number of rotatable bonds is 6. The molecule has 0 bridgehead atoms. The lowest BCUT2D eigenvalue weighted by Gasteiger charge is -2.07. The quantitative estimate of drug-likeness (QED) is 0.545. The minimum absolute atomic E-state index is 0.104. The largest absolute Gasteiger partial charge is 0.497 e. The van der Waals surface area contributed by atoms with Gasteiger partial charge in [0.2, 0.25) is 0 Å². The molecule has 0 aliphatic carbocycles. The van der Waals surface area contributed by atoms with Gasteiger partial charge in [-0.2, -0.15) is 5.10 Å². The van der Waals surface area contributed by atoms with Gasteiger partial charge in [-0.3, -0.25) is 4.79 Å². The van der Waals surface area contributed by atoms with Crippen LogP contribution >= 0.6 is 0 Å². The lowest BCUT2D eigenvalue weighted by molar-refractivity contribution is -0.123. The maximum atomic E-state index is 12.0. The Morgan fingerprint density at radius 2 is 1.77 bits per heavy atom. The van der Waals surface area contributed by atoms with Crippen LogP contribution in [0.2, 0.25) is 0 Å². The average molecular weight is 348 g/mol. The Balaban J connectivity index is 1.57. The van der Waals surface area contributed by atoms with Gasteiger partial charge in [0, 0.05) is 5.56 Å². The highest BCUT2D eigenvalue weighted by Crippen LogP contribution is 2.20. The molecule has 26 heavy (non-hydrogen) atoms. The molecule has 3 rings (SSSR count).